The zero-order valence-corrected chi connectivity index (χ0v) is 14.2. The SMILES string of the molecule is CCOCCCNC(=O)/C(C#N)=C\Nc1ccc(Cl)c(C(F)(F)F)c1. The molecule has 0 saturated carbocycles. The van der Waals surface area contributed by atoms with E-state index in [4.69, 9.17) is 21.6 Å². The number of hydrogen-bond donors (Lipinski definition) is 2. The molecule has 0 bridgehead atoms. The van der Waals surface area contributed by atoms with E-state index in [1.54, 1.807) is 6.07 Å². The summed E-state index contributed by atoms with van der Waals surface area (Å²) >= 11 is 5.52. The molecule has 5 nitrogen and oxygen atoms in total. The van der Waals surface area contributed by atoms with E-state index in [1.165, 1.54) is 6.07 Å². The number of benzene rings is 1. The van der Waals surface area contributed by atoms with Gasteiger partial charge in [-0.15, -0.1) is 0 Å². The van der Waals surface area contributed by atoms with Crippen LogP contribution in [-0.2, 0) is 15.7 Å². The summed E-state index contributed by atoms with van der Waals surface area (Å²) in [6, 6.07) is 4.88. The molecule has 0 spiro atoms. The van der Waals surface area contributed by atoms with Crippen molar-refractivity contribution in [3.8, 4) is 6.07 Å². The maximum atomic E-state index is 12.8. The van der Waals surface area contributed by atoms with Crippen molar-refractivity contribution in [1.29, 1.82) is 5.26 Å². The molecule has 2 N–H and O–H groups in total. The lowest BCUT2D eigenvalue weighted by Gasteiger charge is -2.11. The number of halogens is 4. The van der Waals surface area contributed by atoms with Crippen LogP contribution >= 0.6 is 11.6 Å². The highest BCUT2D eigenvalue weighted by atomic mass is 35.5. The van der Waals surface area contributed by atoms with Gasteiger partial charge < -0.3 is 15.4 Å². The van der Waals surface area contributed by atoms with Gasteiger partial charge >= 0.3 is 6.18 Å². The van der Waals surface area contributed by atoms with Crippen LogP contribution in [0, 0.1) is 11.3 Å². The molecule has 0 atom stereocenters. The Labute approximate surface area is 148 Å². The highest BCUT2D eigenvalue weighted by Gasteiger charge is 2.33. The molecule has 9 heteroatoms. The van der Waals surface area contributed by atoms with Crippen molar-refractivity contribution in [3.63, 3.8) is 0 Å². The van der Waals surface area contributed by atoms with Gasteiger partial charge in [-0.05, 0) is 31.5 Å². The van der Waals surface area contributed by atoms with Crippen LogP contribution in [-0.4, -0.2) is 25.7 Å². The minimum atomic E-state index is -4.60. The number of hydrogen-bond acceptors (Lipinski definition) is 4. The van der Waals surface area contributed by atoms with Gasteiger partial charge in [-0.1, -0.05) is 11.6 Å². The zero-order chi connectivity index (χ0) is 18.9. The monoisotopic (exact) mass is 375 g/mol. The normalized spacial score (nSPS) is 11.8. The average molecular weight is 376 g/mol. The maximum absolute atomic E-state index is 12.8. The van der Waals surface area contributed by atoms with Crippen LogP contribution in [0.25, 0.3) is 0 Å². The number of carbonyl (C=O) groups is 1. The van der Waals surface area contributed by atoms with Crippen molar-refractivity contribution in [2.75, 3.05) is 25.1 Å². The minimum Gasteiger partial charge on any atom is -0.382 e. The molecule has 1 aromatic carbocycles. The number of amides is 1. The first-order valence-electron chi connectivity index (χ1n) is 7.39. The summed E-state index contributed by atoms with van der Waals surface area (Å²) in [6.07, 6.45) is -2.98. The predicted molar refractivity (Wildman–Crippen MR) is 87.9 cm³/mol. The van der Waals surface area contributed by atoms with E-state index in [9.17, 15) is 18.0 Å². The van der Waals surface area contributed by atoms with Gasteiger partial charge in [-0.25, -0.2) is 0 Å². The van der Waals surface area contributed by atoms with Crippen molar-refractivity contribution in [2.45, 2.75) is 19.5 Å². The summed E-state index contributed by atoms with van der Waals surface area (Å²) in [4.78, 5) is 11.8. The molecule has 25 heavy (non-hydrogen) atoms. The summed E-state index contributed by atoms with van der Waals surface area (Å²) < 4.78 is 43.5. The summed E-state index contributed by atoms with van der Waals surface area (Å²) in [7, 11) is 0. The first-order valence-corrected chi connectivity index (χ1v) is 7.77. The molecule has 0 aliphatic heterocycles. The van der Waals surface area contributed by atoms with Crippen LogP contribution in [0.5, 0.6) is 0 Å². The van der Waals surface area contributed by atoms with E-state index in [2.05, 4.69) is 10.6 Å². The number of nitrogens with one attached hydrogen (secondary N) is 2. The third-order valence-corrected chi connectivity index (χ3v) is 3.30. The van der Waals surface area contributed by atoms with Gasteiger partial charge in [-0.2, -0.15) is 18.4 Å². The first-order chi connectivity index (χ1) is 11.8. The van der Waals surface area contributed by atoms with E-state index in [0.717, 1.165) is 18.3 Å². The molecule has 0 radical (unpaired) electrons. The smallest absolute Gasteiger partial charge is 0.382 e. The third-order valence-electron chi connectivity index (χ3n) is 2.98. The molecular formula is C16H17ClF3N3O2. The molecule has 0 heterocycles. The quantitative estimate of drug-likeness (QED) is 0.412. The van der Waals surface area contributed by atoms with Gasteiger partial charge in [0.15, 0.2) is 0 Å². The lowest BCUT2D eigenvalue weighted by Crippen LogP contribution is -2.26. The second kappa shape index (κ2) is 9.91. The Hall–Kier alpha value is -2.24. The van der Waals surface area contributed by atoms with Crippen LogP contribution in [0.1, 0.15) is 18.9 Å². The second-order valence-corrected chi connectivity index (χ2v) is 5.22. The summed E-state index contributed by atoms with van der Waals surface area (Å²) in [6.45, 7) is 3.21. The molecular weight excluding hydrogens is 359 g/mol. The fourth-order valence-electron chi connectivity index (χ4n) is 1.75. The molecule has 0 unspecified atom stereocenters. The maximum Gasteiger partial charge on any atom is 0.417 e. The molecule has 0 aromatic heterocycles. The zero-order valence-electron chi connectivity index (χ0n) is 13.4. The number of carbonyl (C=O) groups excluding carboxylic acids is 1. The summed E-state index contributed by atoms with van der Waals surface area (Å²) in [5, 5.41) is 13.6. The Morgan fingerprint density at radius 3 is 2.76 bits per heavy atom. The Balaban J connectivity index is 2.71. The molecule has 0 saturated heterocycles. The van der Waals surface area contributed by atoms with Gasteiger partial charge in [0.1, 0.15) is 11.6 Å². The number of alkyl halides is 3. The molecule has 1 amide bonds. The highest BCUT2D eigenvalue weighted by molar-refractivity contribution is 6.31. The lowest BCUT2D eigenvalue weighted by molar-refractivity contribution is -0.137. The van der Waals surface area contributed by atoms with Crippen molar-refractivity contribution in [3.05, 3.63) is 40.6 Å². The highest BCUT2D eigenvalue weighted by Crippen LogP contribution is 2.36. The van der Waals surface area contributed by atoms with Crippen molar-refractivity contribution >= 4 is 23.2 Å². The van der Waals surface area contributed by atoms with E-state index in [1.807, 2.05) is 6.92 Å². The Kier molecular flexibility index (Phi) is 8.25. The van der Waals surface area contributed by atoms with Gasteiger partial charge in [0.05, 0.1) is 10.6 Å². The molecule has 136 valence electrons. The predicted octanol–water partition coefficient (Wildman–Crippen LogP) is 3.72. The lowest BCUT2D eigenvalue weighted by atomic mass is 10.2. The van der Waals surface area contributed by atoms with Gasteiger partial charge in [0.2, 0.25) is 0 Å². The Morgan fingerprint density at radius 2 is 2.16 bits per heavy atom. The van der Waals surface area contributed by atoms with E-state index in [-0.39, 0.29) is 11.3 Å². The second-order valence-electron chi connectivity index (χ2n) is 4.81. The van der Waals surface area contributed by atoms with Crippen LogP contribution in [0.3, 0.4) is 0 Å². The van der Waals surface area contributed by atoms with Gasteiger partial charge in [0.25, 0.3) is 5.91 Å². The molecule has 1 aromatic rings. The number of rotatable bonds is 8. The van der Waals surface area contributed by atoms with Crippen LogP contribution in [0.15, 0.2) is 30.0 Å². The van der Waals surface area contributed by atoms with Crippen molar-refractivity contribution < 1.29 is 22.7 Å². The standard InChI is InChI=1S/C16H17ClF3N3O2/c1-2-25-7-3-6-22-15(24)11(9-21)10-23-12-4-5-14(17)13(8-12)16(18,19)20/h4-5,8,10,23H,2-3,6-7H2,1H3,(H,22,24)/b11-10-. The number of anilines is 1. The molecule has 0 fully saturated rings. The van der Waals surface area contributed by atoms with Gasteiger partial charge in [0, 0.05) is 31.6 Å². The van der Waals surface area contributed by atoms with Crippen LogP contribution in [0.2, 0.25) is 5.02 Å². The van der Waals surface area contributed by atoms with Crippen molar-refractivity contribution in [2.24, 2.45) is 0 Å². The number of nitrogens with zero attached hydrogens (tertiary/aromatic N) is 1. The summed E-state index contributed by atoms with van der Waals surface area (Å²) in [5.41, 5.74) is -1.22. The molecule has 0 aliphatic rings. The summed E-state index contributed by atoms with van der Waals surface area (Å²) in [5.74, 6) is -0.628. The van der Waals surface area contributed by atoms with E-state index < -0.39 is 22.7 Å². The third kappa shape index (κ3) is 7.03. The number of nitriles is 1. The largest absolute Gasteiger partial charge is 0.417 e. The van der Waals surface area contributed by atoms with Gasteiger partial charge in [-0.3, -0.25) is 4.79 Å². The Bertz CT molecular complexity index is 670. The average Bonchev–Trinajstić information content (AvgIpc) is 2.55. The Morgan fingerprint density at radius 1 is 1.44 bits per heavy atom. The minimum absolute atomic E-state index is 0.0496. The van der Waals surface area contributed by atoms with E-state index >= 15 is 0 Å². The first kappa shape index (κ1) is 20.8. The fraction of sp³-hybridized carbons (Fsp3) is 0.375. The molecule has 0 aliphatic carbocycles. The molecule has 1 rings (SSSR count). The number of ether oxygens (including phenoxy) is 1. The van der Waals surface area contributed by atoms with Crippen LogP contribution in [0.4, 0.5) is 18.9 Å². The van der Waals surface area contributed by atoms with Crippen molar-refractivity contribution in [1.82, 2.24) is 5.32 Å². The topological polar surface area (TPSA) is 74.1 Å². The fourth-order valence-corrected chi connectivity index (χ4v) is 1.98. The van der Waals surface area contributed by atoms with E-state index in [0.29, 0.717) is 26.2 Å². The van der Waals surface area contributed by atoms with Crippen LogP contribution < -0.4 is 10.6 Å².